The van der Waals surface area contributed by atoms with Crippen LogP contribution in [0.25, 0.3) is 0 Å². The molecule has 0 radical (unpaired) electrons. The Morgan fingerprint density at radius 1 is 1.60 bits per heavy atom. The van der Waals surface area contributed by atoms with E-state index >= 15 is 0 Å². The van der Waals surface area contributed by atoms with E-state index in [-0.39, 0.29) is 17.1 Å². The maximum atomic E-state index is 11.1. The van der Waals surface area contributed by atoms with Crippen LogP contribution in [0.4, 0.5) is 0 Å². The Morgan fingerprint density at radius 2 is 2.10 bits per heavy atom. The van der Waals surface area contributed by atoms with Crippen molar-refractivity contribution in [3.63, 3.8) is 0 Å². The Morgan fingerprint density at radius 3 is 2.40 bits per heavy atom. The average Bonchev–Trinajstić information content (AvgIpc) is 1.87. The van der Waals surface area contributed by atoms with Crippen LogP contribution in [0, 0.1) is 5.92 Å². The Labute approximate surface area is 71.5 Å². The summed E-state index contributed by atoms with van der Waals surface area (Å²) < 4.78 is 0. The van der Waals surface area contributed by atoms with E-state index in [1.165, 1.54) is 0 Å². The summed E-state index contributed by atoms with van der Waals surface area (Å²) in [4.78, 5) is 11.1. The van der Waals surface area contributed by atoms with Crippen molar-refractivity contribution in [2.45, 2.75) is 19.2 Å². The molecule has 0 aromatic carbocycles. The molecular formula is C7H13ClOS. The normalized spacial score (nSPS) is 13.7. The molecule has 0 spiro atoms. The summed E-state index contributed by atoms with van der Waals surface area (Å²) in [6.07, 6.45) is 1.95. The van der Waals surface area contributed by atoms with E-state index in [1.807, 2.05) is 20.1 Å². The van der Waals surface area contributed by atoms with E-state index < -0.39 is 0 Å². The quantitative estimate of drug-likeness (QED) is 0.617. The molecule has 0 aromatic rings. The zero-order chi connectivity index (χ0) is 8.15. The highest BCUT2D eigenvalue weighted by Gasteiger charge is 2.17. The van der Waals surface area contributed by atoms with Crippen LogP contribution in [0.5, 0.6) is 0 Å². The summed E-state index contributed by atoms with van der Waals surface area (Å²) >= 11 is 7.36. The maximum Gasteiger partial charge on any atom is 0.154 e. The fourth-order valence-electron chi connectivity index (χ4n) is 0.590. The van der Waals surface area contributed by atoms with Crippen LogP contribution >= 0.6 is 23.4 Å². The molecular weight excluding hydrogens is 168 g/mol. The van der Waals surface area contributed by atoms with Gasteiger partial charge in [0.25, 0.3) is 0 Å². The highest BCUT2D eigenvalue weighted by molar-refractivity contribution is 7.98. The van der Waals surface area contributed by atoms with Gasteiger partial charge < -0.3 is 0 Å². The third-order valence-corrected chi connectivity index (χ3v) is 2.41. The fraction of sp³-hybridized carbons (Fsp3) is 0.857. The molecule has 10 heavy (non-hydrogen) atoms. The first-order valence-electron chi connectivity index (χ1n) is 3.26. The zero-order valence-corrected chi connectivity index (χ0v) is 8.13. The van der Waals surface area contributed by atoms with Crippen molar-refractivity contribution in [2.75, 3.05) is 12.0 Å². The molecule has 0 rings (SSSR count). The Hall–Kier alpha value is 0.310. The number of carbonyl (C=O) groups excluding carboxylic acids is 1. The van der Waals surface area contributed by atoms with Gasteiger partial charge in [-0.3, -0.25) is 4.79 Å². The molecule has 0 aliphatic heterocycles. The molecule has 0 fully saturated rings. The first kappa shape index (κ1) is 10.3. The van der Waals surface area contributed by atoms with E-state index in [0.29, 0.717) is 0 Å². The predicted molar refractivity (Wildman–Crippen MR) is 47.9 cm³/mol. The van der Waals surface area contributed by atoms with Gasteiger partial charge in [0.05, 0.1) is 0 Å². The van der Waals surface area contributed by atoms with Gasteiger partial charge in [0.1, 0.15) is 5.38 Å². The van der Waals surface area contributed by atoms with Crippen LogP contribution in [0.3, 0.4) is 0 Å². The molecule has 0 aliphatic carbocycles. The first-order chi connectivity index (χ1) is 4.59. The number of Topliss-reactive ketones (excluding diaryl/α,β-unsaturated/α-hetero) is 1. The molecule has 60 valence electrons. The highest BCUT2D eigenvalue weighted by atomic mass is 35.5. The standard InChI is InChI=1S/C7H13ClOS/c1-5(2)7(9)6(8)4-10-3/h5-6H,4H2,1-3H3. The molecule has 1 unspecified atom stereocenters. The number of rotatable bonds is 4. The number of hydrogen-bond acceptors (Lipinski definition) is 2. The summed E-state index contributed by atoms with van der Waals surface area (Å²) in [6.45, 7) is 3.75. The first-order valence-corrected chi connectivity index (χ1v) is 5.09. The van der Waals surface area contributed by atoms with Crippen LogP contribution in [-0.2, 0) is 4.79 Å². The van der Waals surface area contributed by atoms with Crippen molar-refractivity contribution in [1.29, 1.82) is 0 Å². The molecule has 0 heterocycles. The lowest BCUT2D eigenvalue weighted by Gasteiger charge is -2.08. The second-order valence-corrected chi connectivity index (χ2v) is 3.92. The largest absolute Gasteiger partial charge is 0.298 e. The van der Waals surface area contributed by atoms with E-state index in [2.05, 4.69) is 0 Å². The van der Waals surface area contributed by atoms with Gasteiger partial charge in [-0.15, -0.1) is 11.6 Å². The second kappa shape index (κ2) is 5.03. The van der Waals surface area contributed by atoms with Crippen molar-refractivity contribution in [3.8, 4) is 0 Å². The van der Waals surface area contributed by atoms with Crippen molar-refractivity contribution in [1.82, 2.24) is 0 Å². The Balaban J connectivity index is 3.71. The minimum atomic E-state index is -0.296. The van der Waals surface area contributed by atoms with Crippen molar-refractivity contribution in [3.05, 3.63) is 0 Å². The monoisotopic (exact) mass is 180 g/mol. The molecule has 0 saturated heterocycles. The highest BCUT2D eigenvalue weighted by Crippen LogP contribution is 2.10. The summed E-state index contributed by atoms with van der Waals surface area (Å²) in [6, 6.07) is 0. The van der Waals surface area contributed by atoms with Gasteiger partial charge in [0.15, 0.2) is 5.78 Å². The van der Waals surface area contributed by atoms with E-state index in [9.17, 15) is 4.79 Å². The summed E-state index contributed by atoms with van der Waals surface area (Å²) in [5, 5.41) is -0.296. The Kier molecular flexibility index (Phi) is 5.18. The molecule has 0 N–H and O–H groups in total. The van der Waals surface area contributed by atoms with Crippen molar-refractivity contribution >= 4 is 29.1 Å². The zero-order valence-electron chi connectivity index (χ0n) is 6.56. The van der Waals surface area contributed by atoms with Crippen LogP contribution in [0.15, 0.2) is 0 Å². The number of ketones is 1. The summed E-state index contributed by atoms with van der Waals surface area (Å²) in [5.74, 6) is 0.934. The molecule has 0 bridgehead atoms. The summed E-state index contributed by atoms with van der Waals surface area (Å²) in [7, 11) is 0. The van der Waals surface area contributed by atoms with Gasteiger partial charge in [0, 0.05) is 11.7 Å². The van der Waals surface area contributed by atoms with Crippen molar-refractivity contribution < 1.29 is 4.79 Å². The number of carbonyl (C=O) groups is 1. The van der Waals surface area contributed by atoms with Gasteiger partial charge in [-0.2, -0.15) is 11.8 Å². The number of hydrogen-bond donors (Lipinski definition) is 0. The number of halogens is 1. The van der Waals surface area contributed by atoms with Crippen LogP contribution in [-0.4, -0.2) is 23.2 Å². The van der Waals surface area contributed by atoms with Gasteiger partial charge >= 0.3 is 0 Å². The minimum absolute atomic E-state index is 0.0645. The predicted octanol–water partition coefficient (Wildman–Crippen LogP) is 2.18. The van der Waals surface area contributed by atoms with E-state index in [4.69, 9.17) is 11.6 Å². The Bertz CT molecular complexity index is 114. The second-order valence-electron chi connectivity index (χ2n) is 2.48. The lowest BCUT2D eigenvalue weighted by Crippen LogP contribution is -2.21. The fourth-order valence-corrected chi connectivity index (χ4v) is 1.68. The van der Waals surface area contributed by atoms with Crippen LogP contribution in [0.1, 0.15) is 13.8 Å². The van der Waals surface area contributed by atoms with Crippen molar-refractivity contribution in [2.24, 2.45) is 5.92 Å². The minimum Gasteiger partial charge on any atom is -0.298 e. The number of alkyl halides is 1. The third-order valence-electron chi connectivity index (χ3n) is 1.19. The van der Waals surface area contributed by atoms with E-state index in [0.717, 1.165) is 5.75 Å². The van der Waals surface area contributed by atoms with Gasteiger partial charge in [-0.1, -0.05) is 13.8 Å². The number of thioether (sulfide) groups is 1. The maximum absolute atomic E-state index is 11.1. The van der Waals surface area contributed by atoms with E-state index in [1.54, 1.807) is 11.8 Å². The summed E-state index contributed by atoms with van der Waals surface area (Å²) in [5.41, 5.74) is 0. The average molecular weight is 181 g/mol. The lowest BCUT2D eigenvalue weighted by molar-refractivity contribution is -0.121. The van der Waals surface area contributed by atoms with Crippen LogP contribution < -0.4 is 0 Å². The SMILES string of the molecule is CSCC(Cl)C(=O)C(C)C. The molecule has 0 aliphatic rings. The topological polar surface area (TPSA) is 17.1 Å². The van der Waals surface area contributed by atoms with Gasteiger partial charge in [-0.25, -0.2) is 0 Å². The third kappa shape index (κ3) is 3.47. The molecule has 0 saturated carbocycles. The lowest BCUT2D eigenvalue weighted by atomic mass is 10.1. The van der Waals surface area contributed by atoms with Gasteiger partial charge in [-0.05, 0) is 6.26 Å². The molecule has 0 amide bonds. The molecule has 1 nitrogen and oxygen atoms in total. The van der Waals surface area contributed by atoms with Crippen LogP contribution in [0.2, 0.25) is 0 Å². The molecule has 0 aromatic heterocycles. The van der Waals surface area contributed by atoms with Gasteiger partial charge in [0.2, 0.25) is 0 Å². The molecule has 3 heteroatoms. The smallest absolute Gasteiger partial charge is 0.154 e. The molecule has 1 atom stereocenters.